The molecule has 2 unspecified atom stereocenters. The van der Waals surface area contributed by atoms with E-state index in [4.69, 9.17) is 0 Å². The SMILES string of the molecule is CCCN(CCC)CCC1CCCC1NC. The predicted molar refractivity (Wildman–Crippen MR) is 71.8 cm³/mol. The molecule has 96 valence electrons. The van der Waals surface area contributed by atoms with Gasteiger partial charge < -0.3 is 10.2 Å². The lowest BCUT2D eigenvalue weighted by Gasteiger charge is -2.25. The van der Waals surface area contributed by atoms with Crippen molar-refractivity contribution < 1.29 is 0 Å². The molecule has 0 saturated heterocycles. The lowest BCUT2D eigenvalue weighted by atomic mass is 9.99. The van der Waals surface area contributed by atoms with Crippen LogP contribution in [0.4, 0.5) is 0 Å². The first-order chi connectivity index (χ1) is 7.81. The molecule has 2 heteroatoms. The first kappa shape index (κ1) is 14.0. The Morgan fingerprint density at radius 1 is 1.06 bits per heavy atom. The third-order valence-electron chi connectivity index (χ3n) is 3.93. The maximum atomic E-state index is 3.48. The molecule has 1 N–H and O–H groups in total. The molecule has 0 aromatic carbocycles. The van der Waals surface area contributed by atoms with Crippen LogP contribution in [0.2, 0.25) is 0 Å². The Hall–Kier alpha value is -0.0800. The molecule has 0 heterocycles. The molecule has 0 aliphatic heterocycles. The summed E-state index contributed by atoms with van der Waals surface area (Å²) in [5, 5.41) is 3.48. The summed E-state index contributed by atoms with van der Waals surface area (Å²) in [4.78, 5) is 2.64. The summed E-state index contributed by atoms with van der Waals surface area (Å²) in [6.07, 6.45) is 8.24. The monoisotopic (exact) mass is 226 g/mol. The molecule has 1 aliphatic carbocycles. The van der Waals surface area contributed by atoms with Crippen LogP contribution in [-0.4, -0.2) is 37.6 Å². The van der Waals surface area contributed by atoms with Crippen molar-refractivity contribution >= 4 is 0 Å². The van der Waals surface area contributed by atoms with E-state index in [1.165, 1.54) is 58.2 Å². The van der Waals surface area contributed by atoms with E-state index in [0.717, 1.165) is 12.0 Å². The Morgan fingerprint density at radius 2 is 1.75 bits per heavy atom. The molecule has 0 aromatic rings. The van der Waals surface area contributed by atoms with Crippen LogP contribution in [0.1, 0.15) is 52.4 Å². The third-order valence-corrected chi connectivity index (χ3v) is 3.93. The highest BCUT2D eigenvalue weighted by atomic mass is 15.1. The van der Waals surface area contributed by atoms with Gasteiger partial charge >= 0.3 is 0 Å². The Morgan fingerprint density at radius 3 is 2.31 bits per heavy atom. The summed E-state index contributed by atoms with van der Waals surface area (Å²) < 4.78 is 0. The highest BCUT2D eigenvalue weighted by Crippen LogP contribution is 2.28. The predicted octanol–water partition coefficient (Wildman–Crippen LogP) is 2.89. The van der Waals surface area contributed by atoms with E-state index in [-0.39, 0.29) is 0 Å². The van der Waals surface area contributed by atoms with Gasteiger partial charge in [0.1, 0.15) is 0 Å². The first-order valence-electron chi connectivity index (χ1n) is 7.21. The quantitative estimate of drug-likeness (QED) is 0.684. The number of hydrogen-bond acceptors (Lipinski definition) is 2. The fraction of sp³-hybridized carbons (Fsp3) is 1.00. The van der Waals surface area contributed by atoms with Gasteiger partial charge in [-0.1, -0.05) is 20.3 Å². The molecular weight excluding hydrogens is 196 g/mol. The number of nitrogens with zero attached hydrogens (tertiary/aromatic N) is 1. The van der Waals surface area contributed by atoms with Crippen molar-refractivity contribution in [3.63, 3.8) is 0 Å². The maximum absolute atomic E-state index is 3.48. The molecule has 0 amide bonds. The molecule has 0 radical (unpaired) electrons. The van der Waals surface area contributed by atoms with Crippen LogP contribution in [0, 0.1) is 5.92 Å². The lowest BCUT2D eigenvalue weighted by molar-refractivity contribution is 0.243. The fourth-order valence-electron chi connectivity index (χ4n) is 3.08. The van der Waals surface area contributed by atoms with Crippen LogP contribution in [0.15, 0.2) is 0 Å². The second-order valence-corrected chi connectivity index (χ2v) is 5.22. The number of nitrogens with one attached hydrogen (secondary N) is 1. The van der Waals surface area contributed by atoms with Crippen molar-refractivity contribution in [3.05, 3.63) is 0 Å². The van der Waals surface area contributed by atoms with Gasteiger partial charge in [-0.05, 0) is 64.7 Å². The van der Waals surface area contributed by atoms with Crippen LogP contribution >= 0.6 is 0 Å². The summed E-state index contributed by atoms with van der Waals surface area (Å²) >= 11 is 0. The van der Waals surface area contributed by atoms with Crippen LogP contribution in [0.5, 0.6) is 0 Å². The van der Waals surface area contributed by atoms with E-state index >= 15 is 0 Å². The molecule has 1 aliphatic rings. The van der Waals surface area contributed by atoms with Crippen LogP contribution in [0.3, 0.4) is 0 Å². The van der Waals surface area contributed by atoms with Crippen molar-refractivity contribution in [2.45, 2.75) is 58.4 Å². The normalized spacial score (nSPS) is 25.5. The van der Waals surface area contributed by atoms with Gasteiger partial charge in [0.2, 0.25) is 0 Å². The molecule has 1 fully saturated rings. The van der Waals surface area contributed by atoms with Gasteiger partial charge in [0.15, 0.2) is 0 Å². The molecule has 1 saturated carbocycles. The van der Waals surface area contributed by atoms with E-state index in [1.807, 2.05) is 0 Å². The zero-order chi connectivity index (χ0) is 11.8. The Kier molecular flexibility index (Phi) is 7.06. The van der Waals surface area contributed by atoms with Gasteiger partial charge in [-0.25, -0.2) is 0 Å². The second-order valence-electron chi connectivity index (χ2n) is 5.22. The van der Waals surface area contributed by atoms with Crippen molar-refractivity contribution in [2.75, 3.05) is 26.7 Å². The molecule has 0 aromatic heterocycles. The zero-order valence-electron chi connectivity index (χ0n) is 11.5. The van der Waals surface area contributed by atoms with Crippen molar-refractivity contribution in [1.29, 1.82) is 0 Å². The average Bonchev–Trinajstić information content (AvgIpc) is 2.74. The average molecular weight is 226 g/mol. The van der Waals surface area contributed by atoms with Gasteiger partial charge in [-0.3, -0.25) is 0 Å². The van der Waals surface area contributed by atoms with Crippen molar-refractivity contribution in [3.8, 4) is 0 Å². The van der Waals surface area contributed by atoms with Crippen LogP contribution in [0.25, 0.3) is 0 Å². The van der Waals surface area contributed by atoms with Gasteiger partial charge in [-0.2, -0.15) is 0 Å². The summed E-state index contributed by atoms with van der Waals surface area (Å²) in [7, 11) is 2.12. The van der Waals surface area contributed by atoms with Gasteiger partial charge in [-0.15, -0.1) is 0 Å². The molecule has 0 spiro atoms. The Labute approximate surface area is 102 Å². The summed E-state index contributed by atoms with van der Waals surface area (Å²) in [5.74, 6) is 0.932. The molecule has 0 bridgehead atoms. The Bertz CT molecular complexity index is 164. The Balaban J connectivity index is 2.24. The fourth-order valence-corrected chi connectivity index (χ4v) is 3.08. The number of hydrogen-bond donors (Lipinski definition) is 1. The van der Waals surface area contributed by atoms with Crippen LogP contribution < -0.4 is 5.32 Å². The van der Waals surface area contributed by atoms with Gasteiger partial charge in [0, 0.05) is 6.04 Å². The second kappa shape index (κ2) is 8.08. The van der Waals surface area contributed by atoms with E-state index < -0.39 is 0 Å². The largest absolute Gasteiger partial charge is 0.317 e. The molecular formula is C14H30N2. The minimum absolute atomic E-state index is 0.796. The molecule has 2 atom stereocenters. The van der Waals surface area contributed by atoms with E-state index in [0.29, 0.717) is 0 Å². The van der Waals surface area contributed by atoms with Crippen molar-refractivity contribution in [2.24, 2.45) is 5.92 Å². The summed E-state index contributed by atoms with van der Waals surface area (Å²) in [6.45, 7) is 8.45. The van der Waals surface area contributed by atoms with Crippen LogP contribution in [-0.2, 0) is 0 Å². The first-order valence-corrected chi connectivity index (χ1v) is 7.21. The maximum Gasteiger partial charge on any atom is 0.00928 e. The topological polar surface area (TPSA) is 15.3 Å². The summed E-state index contributed by atoms with van der Waals surface area (Å²) in [5.41, 5.74) is 0. The highest BCUT2D eigenvalue weighted by Gasteiger charge is 2.25. The van der Waals surface area contributed by atoms with E-state index in [1.54, 1.807) is 0 Å². The minimum atomic E-state index is 0.796. The lowest BCUT2D eigenvalue weighted by Crippen LogP contribution is -2.33. The number of rotatable bonds is 8. The summed E-state index contributed by atoms with van der Waals surface area (Å²) in [6, 6.07) is 0.796. The highest BCUT2D eigenvalue weighted by molar-refractivity contribution is 4.82. The minimum Gasteiger partial charge on any atom is -0.317 e. The molecule has 1 rings (SSSR count). The zero-order valence-corrected chi connectivity index (χ0v) is 11.5. The van der Waals surface area contributed by atoms with E-state index in [9.17, 15) is 0 Å². The molecule has 2 nitrogen and oxygen atoms in total. The standard InChI is InChI=1S/C14H30N2/c1-4-10-16(11-5-2)12-9-13-7-6-8-14(13)15-3/h13-15H,4-12H2,1-3H3. The van der Waals surface area contributed by atoms with Crippen molar-refractivity contribution in [1.82, 2.24) is 10.2 Å². The van der Waals surface area contributed by atoms with Gasteiger partial charge in [0.05, 0.1) is 0 Å². The smallest absolute Gasteiger partial charge is 0.00928 e. The third kappa shape index (κ3) is 4.42. The molecule has 16 heavy (non-hydrogen) atoms. The van der Waals surface area contributed by atoms with E-state index in [2.05, 4.69) is 31.1 Å². The van der Waals surface area contributed by atoms with Gasteiger partial charge in [0.25, 0.3) is 0 Å².